The number of morpholine rings is 1. The van der Waals surface area contributed by atoms with E-state index >= 15 is 0 Å². The summed E-state index contributed by atoms with van der Waals surface area (Å²) >= 11 is 0. The van der Waals surface area contributed by atoms with Crippen molar-refractivity contribution in [1.82, 2.24) is 4.90 Å². The van der Waals surface area contributed by atoms with Crippen LogP contribution in [0.25, 0.3) is 11.1 Å². The van der Waals surface area contributed by atoms with E-state index in [-0.39, 0.29) is 0 Å². The first-order valence-electron chi connectivity index (χ1n) is 8.51. The Balaban J connectivity index is 1.47. The van der Waals surface area contributed by atoms with Gasteiger partial charge in [0, 0.05) is 18.7 Å². The van der Waals surface area contributed by atoms with Gasteiger partial charge in [-0.2, -0.15) is 0 Å². The van der Waals surface area contributed by atoms with Gasteiger partial charge in [-0.25, -0.2) is 0 Å². The number of benzene rings is 2. The SMILES string of the molecule is c1ccc(-c2ccccc2OCCCCN2CCOCC2)cc1. The lowest BCUT2D eigenvalue weighted by Gasteiger charge is -2.26. The van der Waals surface area contributed by atoms with E-state index < -0.39 is 0 Å². The summed E-state index contributed by atoms with van der Waals surface area (Å²) in [5.41, 5.74) is 2.37. The van der Waals surface area contributed by atoms with E-state index in [9.17, 15) is 0 Å². The van der Waals surface area contributed by atoms with Crippen LogP contribution in [0.5, 0.6) is 5.75 Å². The van der Waals surface area contributed by atoms with Crippen molar-refractivity contribution in [2.45, 2.75) is 12.8 Å². The third-order valence-electron chi connectivity index (χ3n) is 4.20. The van der Waals surface area contributed by atoms with E-state index in [0.29, 0.717) is 0 Å². The van der Waals surface area contributed by atoms with Gasteiger partial charge in [0.1, 0.15) is 5.75 Å². The van der Waals surface area contributed by atoms with Gasteiger partial charge in [0.15, 0.2) is 0 Å². The summed E-state index contributed by atoms with van der Waals surface area (Å²) in [6.45, 7) is 5.80. The fourth-order valence-corrected chi connectivity index (χ4v) is 2.89. The summed E-state index contributed by atoms with van der Waals surface area (Å²) in [6, 6.07) is 18.7. The molecule has 0 saturated carbocycles. The molecule has 1 saturated heterocycles. The van der Waals surface area contributed by atoms with E-state index in [1.165, 1.54) is 17.5 Å². The van der Waals surface area contributed by atoms with Crippen LogP contribution >= 0.6 is 0 Å². The first kappa shape index (κ1) is 16.0. The Morgan fingerprint density at radius 1 is 0.870 bits per heavy atom. The smallest absolute Gasteiger partial charge is 0.127 e. The Labute approximate surface area is 138 Å². The first-order chi connectivity index (χ1) is 11.4. The minimum atomic E-state index is 0.772. The Hall–Kier alpha value is -1.84. The van der Waals surface area contributed by atoms with E-state index in [0.717, 1.165) is 51.6 Å². The highest BCUT2D eigenvalue weighted by Gasteiger charge is 2.09. The third-order valence-corrected chi connectivity index (χ3v) is 4.20. The minimum absolute atomic E-state index is 0.772. The zero-order valence-electron chi connectivity index (χ0n) is 13.6. The van der Waals surface area contributed by atoms with Gasteiger partial charge in [0.25, 0.3) is 0 Å². The van der Waals surface area contributed by atoms with Gasteiger partial charge in [0.2, 0.25) is 0 Å². The van der Waals surface area contributed by atoms with Crippen LogP contribution in [0.3, 0.4) is 0 Å². The summed E-state index contributed by atoms with van der Waals surface area (Å²) in [5.74, 6) is 0.977. The number of hydrogen-bond donors (Lipinski definition) is 0. The molecule has 0 aliphatic carbocycles. The Morgan fingerprint density at radius 2 is 1.61 bits per heavy atom. The molecule has 23 heavy (non-hydrogen) atoms. The first-order valence-corrected chi connectivity index (χ1v) is 8.51. The molecule has 3 rings (SSSR count). The molecule has 0 amide bonds. The molecule has 0 aromatic heterocycles. The van der Waals surface area contributed by atoms with Crippen LogP contribution < -0.4 is 4.74 Å². The molecule has 1 aliphatic rings. The van der Waals surface area contributed by atoms with Crippen molar-refractivity contribution < 1.29 is 9.47 Å². The molecule has 2 aromatic carbocycles. The summed E-state index contributed by atoms with van der Waals surface area (Å²) in [4.78, 5) is 2.47. The summed E-state index contributed by atoms with van der Waals surface area (Å²) in [7, 11) is 0. The van der Waals surface area contributed by atoms with E-state index in [1.807, 2.05) is 12.1 Å². The highest BCUT2D eigenvalue weighted by molar-refractivity contribution is 5.70. The van der Waals surface area contributed by atoms with Crippen LogP contribution in [0.1, 0.15) is 12.8 Å². The molecule has 0 radical (unpaired) electrons. The number of rotatable bonds is 7. The normalized spacial score (nSPS) is 15.5. The lowest BCUT2D eigenvalue weighted by atomic mass is 10.1. The summed E-state index contributed by atoms with van der Waals surface area (Å²) in [5, 5.41) is 0. The lowest BCUT2D eigenvalue weighted by molar-refractivity contribution is 0.0368. The molecule has 0 bridgehead atoms. The van der Waals surface area contributed by atoms with Crippen molar-refractivity contribution in [2.75, 3.05) is 39.5 Å². The molecule has 122 valence electrons. The maximum atomic E-state index is 6.04. The molecule has 0 N–H and O–H groups in total. The van der Waals surface area contributed by atoms with Crippen LogP contribution in [0.2, 0.25) is 0 Å². The molecule has 0 atom stereocenters. The average molecular weight is 311 g/mol. The van der Waals surface area contributed by atoms with Gasteiger partial charge in [0.05, 0.1) is 19.8 Å². The third kappa shape index (κ3) is 4.81. The fraction of sp³-hybridized carbons (Fsp3) is 0.400. The predicted octanol–water partition coefficient (Wildman–Crippen LogP) is 3.84. The number of ether oxygens (including phenoxy) is 2. The van der Waals surface area contributed by atoms with Crippen molar-refractivity contribution in [3.8, 4) is 16.9 Å². The molecule has 0 unspecified atom stereocenters. The number of nitrogens with zero attached hydrogens (tertiary/aromatic N) is 1. The lowest BCUT2D eigenvalue weighted by Crippen LogP contribution is -2.36. The minimum Gasteiger partial charge on any atom is -0.493 e. The van der Waals surface area contributed by atoms with Gasteiger partial charge < -0.3 is 9.47 Å². The van der Waals surface area contributed by atoms with Crippen LogP contribution in [-0.4, -0.2) is 44.4 Å². The van der Waals surface area contributed by atoms with E-state index in [1.54, 1.807) is 0 Å². The maximum Gasteiger partial charge on any atom is 0.127 e. The largest absolute Gasteiger partial charge is 0.493 e. The number of hydrogen-bond acceptors (Lipinski definition) is 3. The molecule has 1 heterocycles. The second-order valence-electron chi connectivity index (χ2n) is 5.87. The maximum absolute atomic E-state index is 6.04. The molecular weight excluding hydrogens is 286 g/mol. The van der Waals surface area contributed by atoms with Crippen molar-refractivity contribution in [3.63, 3.8) is 0 Å². The van der Waals surface area contributed by atoms with Crippen LogP contribution in [0, 0.1) is 0 Å². The predicted molar refractivity (Wildman–Crippen MR) is 93.9 cm³/mol. The Kier molecular flexibility index (Phi) is 6.07. The second kappa shape index (κ2) is 8.70. The van der Waals surface area contributed by atoms with Crippen LogP contribution in [-0.2, 0) is 4.74 Å². The Morgan fingerprint density at radius 3 is 2.43 bits per heavy atom. The molecule has 3 heteroatoms. The molecule has 0 spiro atoms. The van der Waals surface area contributed by atoms with Crippen LogP contribution in [0.15, 0.2) is 54.6 Å². The van der Waals surface area contributed by atoms with Crippen LogP contribution in [0.4, 0.5) is 0 Å². The van der Waals surface area contributed by atoms with Gasteiger partial charge >= 0.3 is 0 Å². The molecular formula is C20H25NO2. The van der Waals surface area contributed by atoms with Gasteiger partial charge in [-0.05, 0) is 31.0 Å². The molecule has 1 aliphatic heterocycles. The topological polar surface area (TPSA) is 21.7 Å². The van der Waals surface area contributed by atoms with E-state index in [4.69, 9.17) is 9.47 Å². The number of para-hydroxylation sites is 1. The number of unbranched alkanes of at least 4 members (excludes halogenated alkanes) is 1. The second-order valence-corrected chi connectivity index (χ2v) is 5.87. The van der Waals surface area contributed by atoms with Crippen molar-refractivity contribution in [1.29, 1.82) is 0 Å². The highest BCUT2D eigenvalue weighted by Crippen LogP contribution is 2.29. The van der Waals surface area contributed by atoms with Crippen molar-refractivity contribution in [3.05, 3.63) is 54.6 Å². The zero-order valence-corrected chi connectivity index (χ0v) is 13.6. The fourth-order valence-electron chi connectivity index (χ4n) is 2.89. The molecule has 3 nitrogen and oxygen atoms in total. The molecule has 1 fully saturated rings. The standard InChI is InChI=1S/C20H25NO2/c1-2-8-18(9-3-1)19-10-4-5-11-20(19)23-15-7-6-12-21-13-16-22-17-14-21/h1-5,8-11H,6-7,12-17H2. The molecule has 2 aromatic rings. The Bertz CT molecular complexity index is 579. The monoisotopic (exact) mass is 311 g/mol. The van der Waals surface area contributed by atoms with Gasteiger partial charge in [-0.15, -0.1) is 0 Å². The van der Waals surface area contributed by atoms with Gasteiger partial charge in [-0.1, -0.05) is 48.5 Å². The van der Waals surface area contributed by atoms with Crippen molar-refractivity contribution in [2.24, 2.45) is 0 Å². The summed E-state index contributed by atoms with van der Waals surface area (Å²) < 4.78 is 11.4. The zero-order chi connectivity index (χ0) is 15.7. The van der Waals surface area contributed by atoms with Crippen molar-refractivity contribution >= 4 is 0 Å². The average Bonchev–Trinajstić information content (AvgIpc) is 2.63. The highest BCUT2D eigenvalue weighted by atomic mass is 16.5. The van der Waals surface area contributed by atoms with Gasteiger partial charge in [-0.3, -0.25) is 4.90 Å². The quantitative estimate of drug-likeness (QED) is 0.725. The van der Waals surface area contributed by atoms with E-state index in [2.05, 4.69) is 47.4 Å². The summed E-state index contributed by atoms with van der Waals surface area (Å²) in [6.07, 6.45) is 2.26.